The number of nitrogens with zero attached hydrogens (tertiary/aromatic N) is 1. The third-order valence-corrected chi connectivity index (χ3v) is 1.74. The topological polar surface area (TPSA) is 42.0 Å². The molecule has 1 aromatic heterocycles. The SMILES string of the molecule is C#CCC(=O)Nc1ccc(Br)nc1. The molecule has 4 heteroatoms. The zero-order valence-electron chi connectivity index (χ0n) is 6.75. The largest absolute Gasteiger partial charge is 0.324 e. The summed E-state index contributed by atoms with van der Waals surface area (Å²) >= 11 is 3.19. The van der Waals surface area contributed by atoms with Gasteiger partial charge in [0.1, 0.15) is 4.60 Å². The van der Waals surface area contributed by atoms with E-state index in [1.807, 2.05) is 0 Å². The first-order valence-corrected chi connectivity index (χ1v) is 4.36. The van der Waals surface area contributed by atoms with Crippen LogP contribution in [0, 0.1) is 12.3 Å². The number of halogens is 1. The number of hydrogen-bond acceptors (Lipinski definition) is 2. The van der Waals surface area contributed by atoms with E-state index < -0.39 is 0 Å². The molecule has 0 atom stereocenters. The molecule has 0 saturated heterocycles. The van der Waals surface area contributed by atoms with Gasteiger partial charge in [-0.15, -0.1) is 6.42 Å². The summed E-state index contributed by atoms with van der Waals surface area (Å²) in [6.45, 7) is 0. The average molecular weight is 239 g/mol. The van der Waals surface area contributed by atoms with Gasteiger partial charge in [0.15, 0.2) is 0 Å². The molecule has 0 spiro atoms. The Hall–Kier alpha value is -1.34. The molecule has 0 aliphatic heterocycles. The Morgan fingerprint density at radius 1 is 1.69 bits per heavy atom. The van der Waals surface area contributed by atoms with Crippen LogP contribution in [0.4, 0.5) is 5.69 Å². The maximum Gasteiger partial charge on any atom is 0.236 e. The van der Waals surface area contributed by atoms with Crippen LogP contribution in [0.5, 0.6) is 0 Å². The highest BCUT2D eigenvalue weighted by atomic mass is 79.9. The highest BCUT2D eigenvalue weighted by Crippen LogP contribution is 2.10. The van der Waals surface area contributed by atoms with Crippen molar-refractivity contribution >= 4 is 27.5 Å². The molecular formula is C9H7BrN2O. The standard InChI is InChI=1S/C9H7BrN2O/c1-2-3-9(13)12-7-4-5-8(10)11-6-7/h1,4-6H,3H2,(H,12,13). The number of rotatable bonds is 2. The fourth-order valence-corrected chi connectivity index (χ4v) is 0.982. The smallest absolute Gasteiger partial charge is 0.236 e. The molecule has 0 aliphatic rings. The fourth-order valence-electron chi connectivity index (χ4n) is 0.748. The number of pyridine rings is 1. The number of aromatic nitrogens is 1. The number of anilines is 1. The molecular weight excluding hydrogens is 232 g/mol. The second-order valence-electron chi connectivity index (χ2n) is 2.30. The number of nitrogens with one attached hydrogen (secondary N) is 1. The van der Waals surface area contributed by atoms with Crippen molar-refractivity contribution in [2.24, 2.45) is 0 Å². The van der Waals surface area contributed by atoms with Gasteiger partial charge in [0, 0.05) is 0 Å². The maximum absolute atomic E-state index is 11.0. The molecule has 1 aromatic rings. The van der Waals surface area contributed by atoms with Crippen molar-refractivity contribution in [1.29, 1.82) is 0 Å². The predicted molar refractivity (Wildman–Crippen MR) is 54.0 cm³/mol. The van der Waals surface area contributed by atoms with Gasteiger partial charge in [0.25, 0.3) is 0 Å². The van der Waals surface area contributed by atoms with E-state index in [4.69, 9.17) is 6.42 Å². The first-order chi connectivity index (χ1) is 6.22. The number of carbonyl (C=O) groups excluding carboxylic acids is 1. The molecule has 0 aliphatic carbocycles. The lowest BCUT2D eigenvalue weighted by molar-refractivity contribution is -0.115. The van der Waals surface area contributed by atoms with Gasteiger partial charge in [-0.1, -0.05) is 5.92 Å². The number of amides is 1. The molecule has 66 valence electrons. The molecule has 1 amide bonds. The van der Waals surface area contributed by atoms with Crippen LogP contribution < -0.4 is 5.32 Å². The lowest BCUT2D eigenvalue weighted by Gasteiger charge is -2.01. The fraction of sp³-hybridized carbons (Fsp3) is 0.111. The van der Waals surface area contributed by atoms with Crippen molar-refractivity contribution in [3.63, 3.8) is 0 Å². The maximum atomic E-state index is 11.0. The Morgan fingerprint density at radius 3 is 3.00 bits per heavy atom. The Balaban J connectivity index is 2.60. The zero-order chi connectivity index (χ0) is 9.68. The monoisotopic (exact) mass is 238 g/mol. The summed E-state index contributed by atoms with van der Waals surface area (Å²) in [6, 6.07) is 3.48. The van der Waals surface area contributed by atoms with Crippen LogP contribution in [0.3, 0.4) is 0 Å². The highest BCUT2D eigenvalue weighted by Gasteiger charge is 1.99. The van der Waals surface area contributed by atoms with E-state index in [9.17, 15) is 4.79 Å². The molecule has 3 nitrogen and oxygen atoms in total. The first kappa shape index (κ1) is 9.75. The van der Waals surface area contributed by atoms with Gasteiger partial charge in [0.05, 0.1) is 18.3 Å². The quantitative estimate of drug-likeness (QED) is 0.631. The Kier molecular flexibility index (Phi) is 3.47. The van der Waals surface area contributed by atoms with Crippen molar-refractivity contribution in [3.8, 4) is 12.3 Å². The van der Waals surface area contributed by atoms with E-state index >= 15 is 0 Å². The summed E-state index contributed by atoms with van der Waals surface area (Å²) < 4.78 is 0.724. The van der Waals surface area contributed by atoms with Gasteiger partial charge in [-0.05, 0) is 28.1 Å². The molecule has 0 radical (unpaired) electrons. The lowest BCUT2D eigenvalue weighted by atomic mass is 10.3. The van der Waals surface area contributed by atoms with Crippen LogP contribution in [-0.4, -0.2) is 10.9 Å². The Bertz CT molecular complexity index is 340. The van der Waals surface area contributed by atoms with E-state index in [0.717, 1.165) is 4.60 Å². The molecule has 0 unspecified atom stereocenters. The van der Waals surface area contributed by atoms with Gasteiger partial charge < -0.3 is 5.32 Å². The average Bonchev–Trinajstić information content (AvgIpc) is 2.09. The normalized spacial score (nSPS) is 8.92. The van der Waals surface area contributed by atoms with E-state index in [1.165, 1.54) is 0 Å². The molecule has 13 heavy (non-hydrogen) atoms. The van der Waals surface area contributed by atoms with Crippen LogP contribution in [-0.2, 0) is 4.79 Å². The van der Waals surface area contributed by atoms with Crippen molar-refractivity contribution in [1.82, 2.24) is 4.98 Å². The minimum Gasteiger partial charge on any atom is -0.324 e. The molecule has 0 saturated carbocycles. The summed E-state index contributed by atoms with van der Waals surface area (Å²) in [4.78, 5) is 14.9. The molecule has 0 aromatic carbocycles. The molecule has 0 bridgehead atoms. The summed E-state index contributed by atoms with van der Waals surface area (Å²) in [5.41, 5.74) is 0.642. The van der Waals surface area contributed by atoms with Crippen LogP contribution in [0.25, 0.3) is 0 Å². The first-order valence-electron chi connectivity index (χ1n) is 3.57. The molecule has 1 rings (SSSR count). The van der Waals surface area contributed by atoms with Crippen molar-refractivity contribution < 1.29 is 4.79 Å². The summed E-state index contributed by atoms with van der Waals surface area (Å²) in [5, 5.41) is 2.61. The summed E-state index contributed by atoms with van der Waals surface area (Å²) in [5.74, 6) is 2.06. The van der Waals surface area contributed by atoms with Gasteiger partial charge >= 0.3 is 0 Å². The Labute approximate surface area is 84.7 Å². The van der Waals surface area contributed by atoms with Gasteiger partial charge in [-0.2, -0.15) is 0 Å². The second-order valence-corrected chi connectivity index (χ2v) is 3.11. The molecule has 1 N–H and O–H groups in total. The van der Waals surface area contributed by atoms with E-state index in [-0.39, 0.29) is 12.3 Å². The van der Waals surface area contributed by atoms with E-state index in [2.05, 4.69) is 32.2 Å². The van der Waals surface area contributed by atoms with Crippen LogP contribution in [0.1, 0.15) is 6.42 Å². The van der Waals surface area contributed by atoms with Gasteiger partial charge in [-0.3, -0.25) is 4.79 Å². The molecule has 1 heterocycles. The second kappa shape index (κ2) is 4.63. The van der Waals surface area contributed by atoms with Gasteiger partial charge in [-0.25, -0.2) is 4.98 Å². The number of terminal acetylenes is 1. The zero-order valence-corrected chi connectivity index (χ0v) is 8.34. The summed E-state index contributed by atoms with van der Waals surface area (Å²) in [6.07, 6.45) is 6.61. The number of carbonyl (C=O) groups is 1. The third-order valence-electron chi connectivity index (χ3n) is 1.27. The van der Waals surface area contributed by atoms with Crippen LogP contribution >= 0.6 is 15.9 Å². The van der Waals surface area contributed by atoms with Crippen molar-refractivity contribution in [3.05, 3.63) is 22.9 Å². The highest BCUT2D eigenvalue weighted by molar-refractivity contribution is 9.10. The minimum absolute atomic E-state index is 0.0794. The van der Waals surface area contributed by atoms with Gasteiger partial charge in [0.2, 0.25) is 5.91 Å². The van der Waals surface area contributed by atoms with Crippen LogP contribution in [0.2, 0.25) is 0 Å². The Morgan fingerprint density at radius 2 is 2.46 bits per heavy atom. The molecule has 0 fully saturated rings. The van der Waals surface area contributed by atoms with Crippen molar-refractivity contribution in [2.75, 3.05) is 5.32 Å². The third kappa shape index (κ3) is 3.26. The number of hydrogen-bond donors (Lipinski definition) is 1. The predicted octanol–water partition coefficient (Wildman–Crippen LogP) is 1.81. The summed E-state index contributed by atoms with van der Waals surface area (Å²) in [7, 11) is 0. The van der Waals surface area contributed by atoms with E-state index in [1.54, 1.807) is 18.3 Å². The van der Waals surface area contributed by atoms with Crippen molar-refractivity contribution in [2.45, 2.75) is 6.42 Å². The van der Waals surface area contributed by atoms with E-state index in [0.29, 0.717) is 5.69 Å². The lowest BCUT2D eigenvalue weighted by Crippen LogP contribution is -2.10. The minimum atomic E-state index is -0.202. The van der Waals surface area contributed by atoms with Crippen LogP contribution in [0.15, 0.2) is 22.9 Å².